The molecule has 0 aliphatic rings. The molecule has 100 valence electrons. The second-order valence-corrected chi connectivity index (χ2v) is 7.36. The van der Waals surface area contributed by atoms with Gasteiger partial charge in [0.15, 0.2) is 0 Å². The summed E-state index contributed by atoms with van der Waals surface area (Å²) in [4.78, 5) is 9.91. The molecule has 18 heavy (non-hydrogen) atoms. The Hall–Kier alpha value is -0.990. The fourth-order valence-electron chi connectivity index (χ4n) is 1.27. The molecule has 0 fully saturated rings. The normalized spacial score (nSPS) is 12.4. The first-order chi connectivity index (χ1) is 8.01. The summed E-state index contributed by atoms with van der Waals surface area (Å²) in [5, 5.41) is 10.7. The number of nitro groups is 1. The summed E-state index contributed by atoms with van der Waals surface area (Å²) in [6.07, 6.45) is 0. The van der Waals surface area contributed by atoms with Crippen molar-refractivity contribution < 1.29 is 13.3 Å². The molecule has 0 aliphatic carbocycles. The van der Waals surface area contributed by atoms with Gasteiger partial charge in [-0.15, -0.1) is 0 Å². The van der Waals surface area contributed by atoms with Gasteiger partial charge in [0.1, 0.15) is 0 Å². The van der Waals surface area contributed by atoms with Crippen molar-refractivity contribution in [3.8, 4) is 0 Å². The summed E-state index contributed by atoms with van der Waals surface area (Å²) in [7, 11) is -3.78. The third-order valence-corrected chi connectivity index (χ3v) is 4.01. The number of nitrogens with zero attached hydrogens (tertiary/aromatic N) is 1. The van der Waals surface area contributed by atoms with Crippen LogP contribution in [0.15, 0.2) is 27.6 Å². The van der Waals surface area contributed by atoms with Gasteiger partial charge in [-0.05, 0) is 26.8 Å². The second-order valence-electron chi connectivity index (χ2n) is 4.76. The molecule has 0 atom stereocenters. The van der Waals surface area contributed by atoms with Gasteiger partial charge in [0, 0.05) is 22.1 Å². The minimum atomic E-state index is -3.78. The first-order valence-corrected chi connectivity index (χ1v) is 7.28. The topological polar surface area (TPSA) is 89.3 Å². The summed E-state index contributed by atoms with van der Waals surface area (Å²) in [6.45, 7) is 5.07. The van der Waals surface area contributed by atoms with Crippen LogP contribution in [0.25, 0.3) is 0 Å². The van der Waals surface area contributed by atoms with Crippen LogP contribution >= 0.6 is 15.9 Å². The van der Waals surface area contributed by atoms with Crippen molar-refractivity contribution >= 4 is 31.6 Å². The summed E-state index contributed by atoms with van der Waals surface area (Å²) in [5.41, 5.74) is -0.936. The zero-order valence-electron chi connectivity index (χ0n) is 10.1. The zero-order valence-corrected chi connectivity index (χ0v) is 12.5. The molecule has 0 radical (unpaired) electrons. The van der Waals surface area contributed by atoms with E-state index in [-0.39, 0.29) is 10.6 Å². The molecule has 0 unspecified atom stereocenters. The van der Waals surface area contributed by atoms with Crippen LogP contribution in [-0.4, -0.2) is 18.9 Å². The number of nitrogens with one attached hydrogen (secondary N) is 1. The summed E-state index contributed by atoms with van der Waals surface area (Å²) in [5.74, 6) is 0. The number of benzene rings is 1. The van der Waals surface area contributed by atoms with E-state index in [1.54, 1.807) is 20.8 Å². The Morgan fingerprint density at radius 1 is 1.28 bits per heavy atom. The van der Waals surface area contributed by atoms with E-state index in [0.29, 0.717) is 4.47 Å². The quantitative estimate of drug-likeness (QED) is 0.678. The minimum absolute atomic E-state index is 0.140. The molecule has 1 aromatic rings. The van der Waals surface area contributed by atoms with Crippen LogP contribution in [0.4, 0.5) is 5.69 Å². The summed E-state index contributed by atoms with van der Waals surface area (Å²) >= 11 is 3.06. The summed E-state index contributed by atoms with van der Waals surface area (Å²) < 4.78 is 26.8. The second kappa shape index (κ2) is 4.94. The smallest absolute Gasteiger partial charge is 0.258 e. The van der Waals surface area contributed by atoms with Gasteiger partial charge in [0.2, 0.25) is 10.0 Å². The van der Waals surface area contributed by atoms with E-state index in [0.717, 1.165) is 6.07 Å². The van der Waals surface area contributed by atoms with Crippen molar-refractivity contribution in [1.29, 1.82) is 0 Å². The van der Waals surface area contributed by atoms with Crippen LogP contribution in [0.1, 0.15) is 20.8 Å². The monoisotopic (exact) mass is 336 g/mol. The molecule has 0 aromatic heterocycles. The van der Waals surface area contributed by atoms with Crippen LogP contribution in [0, 0.1) is 10.1 Å². The van der Waals surface area contributed by atoms with E-state index in [4.69, 9.17) is 0 Å². The lowest BCUT2D eigenvalue weighted by molar-refractivity contribution is -0.385. The summed E-state index contributed by atoms with van der Waals surface area (Å²) in [6, 6.07) is 3.59. The third-order valence-electron chi connectivity index (χ3n) is 1.82. The van der Waals surface area contributed by atoms with Gasteiger partial charge in [-0.1, -0.05) is 15.9 Å². The van der Waals surface area contributed by atoms with Gasteiger partial charge in [-0.25, -0.2) is 13.1 Å². The molecule has 1 rings (SSSR count). The number of sulfonamides is 1. The van der Waals surface area contributed by atoms with Gasteiger partial charge in [0.05, 0.1) is 9.82 Å². The van der Waals surface area contributed by atoms with Gasteiger partial charge >= 0.3 is 0 Å². The van der Waals surface area contributed by atoms with E-state index in [1.807, 2.05) is 0 Å². The van der Waals surface area contributed by atoms with Crippen LogP contribution in [0.5, 0.6) is 0 Å². The number of non-ortho nitro benzene ring substituents is 1. The van der Waals surface area contributed by atoms with E-state index < -0.39 is 20.5 Å². The molecule has 0 amide bonds. The fraction of sp³-hybridized carbons (Fsp3) is 0.400. The van der Waals surface area contributed by atoms with Gasteiger partial charge in [-0.3, -0.25) is 10.1 Å². The first-order valence-electron chi connectivity index (χ1n) is 5.00. The van der Waals surface area contributed by atoms with E-state index in [9.17, 15) is 18.5 Å². The molecule has 0 spiro atoms. The lowest BCUT2D eigenvalue weighted by Crippen LogP contribution is -2.40. The van der Waals surface area contributed by atoms with Crippen molar-refractivity contribution in [3.63, 3.8) is 0 Å². The molecule has 6 nitrogen and oxygen atoms in total. The predicted octanol–water partition coefficient (Wildman–Crippen LogP) is 2.43. The van der Waals surface area contributed by atoms with E-state index in [1.165, 1.54) is 12.1 Å². The van der Waals surface area contributed by atoms with Crippen molar-refractivity contribution in [3.05, 3.63) is 32.8 Å². The minimum Gasteiger partial charge on any atom is -0.258 e. The average molecular weight is 337 g/mol. The highest BCUT2D eigenvalue weighted by Gasteiger charge is 2.24. The first kappa shape index (κ1) is 15.1. The molecular formula is C10H13BrN2O4S. The Labute approximate surface area is 114 Å². The largest absolute Gasteiger partial charge is 0.271 e. The number of halogens is 1. The molecule has 1 N–H and O–H groups in total. The Morgan fingerprint density at radius 3 is 2.28 bits per heavy atom. The Kier molecular flexibility index (Phi) is 4.14. The Morgan fingerprint density at radius 2 is 1.83 bits per heavy atom. The Balaban J connectivity index is 3.29. The number of hydrogen-bond donors (Lipinski definition) is 1. The van der Waals surface area contributed by atoms with Crippen LogP contribution in [-0.2, 0) is 10.0 Å². The Bertz CT molecular complexity index is 578. The number of nitro benzene ring substituents is 1. The maximum absolute atomic E-state index is 12.0. The maximum atomic E-state index is 12.0. The van der Waals surface area contributed by atoms with Crippen LogP contribution < -0.4 is 4.72 Å². The van der Waals surface area contributed by atoms with Gasteiger partial charge in [0.25, 0.3) is 5.69 Å². The van der Waals surface area contributed by atoms with Crippen molar-refractivity contribution in [1.82, 2.24) is 4.72 Å². The standard InChI is InChI=1S/C10H13BrN2O4S/c1-10(2,3)12-18(16,17)9-5-7(11)4-8(6-9)13(14)15/h4-6,12H,1-3H3. The molecule has 0 bridgehead atoms. The molecule has 1 aromatic carbocycles. The fourth-order valence-corrected chi connectivity index (χ4v) is 3.39. The molecule has 0 aliphatic heterocycles. The highest BCUT2D eigenvalue weighted by molar-refractivity contribution is 9.10. The average Bonchev–Trinajstić information content (AvgIpc) is 2.12. The van der Waals surface area contributed by atoms with Crippen LogP contribution in [0.3, 0.4) is 0 Å². The molecule has 0 saturated heterocycles. The molecular weight excluding hydrogens is 324 g/mol. The van der Waals surface area contributed by atoms with Crippen molar-refractivity contribution in [2.45, 2.75) is 31.2 Å². The highest BCUT2D eigenvalue weighted by atomic mass is 79.9. The van der Waals surface area contributed by atoms with Gasteiger partial charge < -0.3 is 0 Å². The highest BCUT2D eigenvalue weighted by Crippen LogP contribution is 2.24. The maximum Gasteiger partial charge on any atom is 0.271 e. The molecule has 0 heterocycles. The SMILES string of the molecule is CC(C)(C)NS(=O)(=O)c1cc(Br)cc([N+](=O)[O-])c1. The van der Waals surface area contributed by atoms with E-state index in [2.05, 4.69) is 20.7 Å². The molecule has 0 saturated carbocycles. The lowest BCUT2D eigenvalue weighted by atomic mass is 10.1. The predicted molar refractivity (Wildman–Crippen MR) is 70.9 cm³/mol. The van der Waals surface area contributed by atoms with Crippen molar-refractivity contribution in [2.75, 3.05) is 0 Å². The third kappa shape index (κ3) is 4.04. The zero-order chi connectivity index (χ0) is 14.1. The number of hydrogen-bond acceptors (Lipinski definition) is 4. The van der Waals surface area contributed by atoms with Crippen molar-refractivity contribution in [2.24, 2.45) is 0 Å². The van der Waals surface area contributed by atoms with E-state index >= 15 is 0 Å². The lowest BCUT2D eigenvalue weighted by Gasteiger charge is -2.20. The van der Waals surface area contributed by atoms with Gasteiger partial charge in [-0.2, -0.15) is 0 Å². The molecule has 8 heteroatoms. The van der Waals surface area contributed by atoms with Crippen LogP contribution in [0.2, 0.25) is 0 Å². The number of rotatable bonds is 3.